The second kappa shape index (κ2) is 11.9. The molecule has 1 fully saturated rings. The number of halogens is 2. The first-order chi connectivity index (χ1) is 16.3. The molecule has 184 valence electrons. The Morgan fingerprint density at radius 3 is 2.50 bits per heavy atom. The van der Waals surface area contributed by atoms with Gasteiger partial charge >= 0.3 is 6.61 Å². The molecule has 34 heavy (non-hydrogen) atoms. The lowest BCUT2D eigenvalue weighted by molar-refractivity contribution is -0.126. The van der Waals surface area contributed by atoms with Crippen LogP contribution in [0.15, 0.2) is 53.9 Å². The molecule has 0 atom stereocenters. The lowest BCUT2D eigenvalue weighted by Gasteiger charge is -2.29. The van der Waals surface area contributed by atoms with Crippen LogP contribution in [0.4, 0.5) is 8.78 Å². The second-order valence-electron chi connectivity index (χ2n) is 7.84. The summed E-state index contributed by atoms with van der Waals surface area (Å²) in [7, 11) is -2.19. The second-order valence-corrected chi connectivity index (χ2v) is 9.65. The summed E-state index contributed by atoms with van der Waals surface area (Å²) in [6.07, 6.45) is 2.84. The maximum absolute atomic E-state index is 12.6. The molecule has 0 unspecified atom stereocenters. The van der Waals surface area contributed by atoms with Crippen LogP contribution >= 0.6 is 0 Å². The predicted molar refractivity (Wildman–Crippen MR) is 125 cm³/mol. The first kappa shape index (κ1) is 25.6. The highest BCUT2D eigenvalue weighted by atomic mass is 32.2. The van der Waals surface area contributed by atoms with Crippen molar-refractivity contribution in [2.45, 2.75) is 25.9 Å². The normalized spacial score (nSPS) is 15.5. The minimum Gasteiger partial charge on any atom is -0.493 e. The number of methoxy groups -OCH3 is 1. The van der Waals surface area contributed by atoms with Crippen molar-refractivity contribution >= 4 is 22.0 Å². The van der Waals surface area contributed by atoms with Gasteiger partial charge in [-0.25, -0.2) is 8.42 Å². The van der Waals surface area contributed by atoms with Gasteiger partial charge in [-0.2, -0.15) is 13.1 Å². The molecule has 0 spiro atoms. The maximum Gasteiger partial charge on any atom is 0.387 e. The van der Waals surface area contributed by atoms with Crippen molar-refractivity contribution in [1.82, 2.24) is 9.62 Å². The topological polar surface area (TPSA) is 84.9 Å². The van der Waals surface area contributed by atoms with Gasteiger partial charge in [0, 0.05) is 31.0 Å². The zero-order chi connectivity index (χ0) is 24.6. The number of nitrogens with zero attached hydrogens (tertiary/aromatic N) is 1. The summed E-state index contributed by atoms with van der Waals surface area (Å²) in [6, 6.07) is 13.9. The Hall–Kier alpha value is -2.98. The third-order valence-electron chi connectivity index (χ3n) is 5.57. The fourth-order valence-electron chi connectivity index (χ4n) is 3.73. The molecule has 3 rings (SSSR count). The summed E-state index contributed by atoms with van der Waals surface area (Å²) >= 11 is 0. The van der Waals surface area contributed by atoms with Crippen LogP contribution in [0, 0.1) is 5.92 Å². The van der Waals surface area contributed by atoms with E-state index in [0.717, 1.165) is 5.56 Å². The molecular formula is C24H28F2N2O5S. The molecule has 0 aliphatic carbocycles. The zero-order valence-corrected chi connectivity index (χ0v) is 19.6. The Morgan fingerprint density at radius 2 is 1.85 bits per heavy atom. The van der Waals surface area contributed by atoms with Crippen LogP contribution in [-0.2, 0) is 21.2 Å². The Morgan fingerprint density at radius 1 is 1.15 bits per heavy atom. The van der Waals surface area contributed by atoms with Gasteiger partial charge in [0.15, 0.2) is 11.5 Å². The number of hydrogen-bond acceptors (Lipinski definition) is 5. The molecular weight excluding hydrogens is 466 g/mol. The lowest BCUT2D eigenvalue weighted by atomic mass is 9.97. The van der Waals surface area contributed by atoms with E-state index in [0.29, 0.717) is 31.4 Å². The molecule has 7 nitrogen and oxygen atoms in total. The standard InChI is InChI=1S/C24H28F2N2O5S/c1-32-21-8-7-19(17-22(21)33-24(25)26)9-13-27-23(29)20-10-14-28(15-11-20)34(30,31)16-12-18-5-3-2-4-6-18/h2-8,12,16-17,20,24H,9-11,13-15H2,1H3,(H,27,29)/b16-12+. The molecule has 1 amide bonds. The largest absolute Gasteiger partial charge is 0.493 e. The van der Waals surface area contributed by atoms with Crippen molar-refractivity contribution in [2.75, 3.05) is 26.7 Å². The highest BCUT2D eigenvalue weighted by molar-refractivity contribution is 7.92. The van der Waals surface area contributed by atoms with Gasteiger partial charge in [0.05, 0.1) is 7.11 Å². The first-order valence-electron chi connectivity index (χ1n) is 10.9. The Balaban J connectivity index is 1.46. The average molecular weight is 495 g/mol. The summed E-state index contributed by atoms with van der Waals surface area (Å²) in [5, 5.41) is 4.05. The van der Waals surface area contributed by atoms with Gasteiger partial charge in [-0.3, -0.25) is 4.79 Å². The van der Waals surface area contributed by atoms with Crippen molar-refractivity contribution in [2.24, 2.45) is 5.92 Å². The highest BCUT2D eigenvalue weighted by Gasteiger charge is 2.29. The molecule has 0 radical (unpaired) electrons. The van der Waals surface area contributed by atoms with E-state index in [4.69, 9.17) is 4.74 Å². The quantitative estimate of drug-likeness (QED) is 0.545. The third-order valence-corrected chi connectivity index (χ3v) is 7.14. The summed E-state index contributed by atoms with van der Waals surface area (Å²) in [6.45, 7) is -2.11. The maximum atomic E-state index is 12.6. The molecule has 1 N–H and O–H groups in total. The molecule has 2 aromatic rings. The summed E-state index contributed by atoms with van der Waals surface area (Å²) in [4.78, 5) is 12.5. The number of carbonyl (C=O) groups is 1. The van der Waals surface area contributed by atoms with Crippen molar-refractivity contribution in [3.8, 4) is 11.5 Å². The van der Waals surface area contributed by atoms with Crippen molar-refractivity contribution < 1.29 is 31.5 Å². The summed E-state index contributed by atoms with van der Waals surface area (Å²) in [5.41, 5.74) is 1.51. The Kier molecular flexibility index (Phi) is 9.00. The summed E-state index contributed by atoms with van der Waals surface area (Å²) in [5.74, 6) is -0.280. The van der Waals surface area contributed by atoms with Crippen LogP contribution in [-0.4, -0.2) is 52.0 Å². The van der Waals surface area contributed by atoms with Gasteiger partial charge < -0.3 is 14.8 Å². The fourth-order valence-corrected chi connectivity index (χ4v) is 4.95. The fraction of sp³-hybridized carbons (Fsp3) is 0.375. The van der Waals surface area contributed by atoms with Crippen molar-refractivity contribution in [1.29, 1.82) is 0 Å². The van der Waals surface area contributed by atoms with E-state index in [1.807, 2.05) is 30.3 Å². The van der Waals surface area contributed by atoms with Gasteiger partial charge in [0.1, 0.15) is 0 Å². The van der Waals surface area contributed by atoms with Gasteiger partial charge in [-0.05, 0) is 48.6 Å². The summed E-state index contributed by atoms with van der Waals surface area (Å²) < 4.78 is 61.2. The molecule has 1 aliphatic heterocycles. The van der Waals surface area contributed by atoms with E-state index in [-0.39, 0.29) is 36.4 Å². The molecule has 0 saturated carbocycles. The van der Waals surface area contributed by atoms with E-state index < -0.39 is 16.6 Å². The van der Waals surface area contributed by atoms with E-state index >= 15 is 0 Å². The van der Waals surface area contributed by atoms with Crippen LogP contribution in [0.1, 0.15) is 24.0 Å². The number of hydrogen-bond donors (Lipinski definition) is 1. The van der Waals surface area contributed by atoms with Crippen LogP contribution in [0.25, 0.3) is 6.08 Å². The third kappa shape index (κ3) is 7.26. The van der Waals surface area contributed by atoms with Crippen LogP contribution in [0.3, 0.4) is 0 Å². The minimum atomic E-state index is -3.56. The predicted octanol–water partition coefficient (Wildman–Crippen LogP) is 3.67. The number of ether oxygens (including phenoxy) is 2. The molecule has 0 aromatic heterocycles. The van der Waals surface area contributed by atoms with Crippen LogP contribution in [0.2, 0.25) is 0 Å². The number of sulfonamides is 1. The minimum absolute atomic E-state index is 0.0591. The highest BCUT2D eigenvalue weighted by Crippen LogP contribution is 2.29. The molecule has 2 aromatic carbocycles. The molecule has 0 bridgehead atoms. The smallest absolute Gasteiger partial charge is 0.387 e. The van der Waals surface area contributed by atoms with E-state index in [2.05, 4.69) is 10.1 Å². The number of carbonyl (C=O) groups excluding carboxylic acids is 1. The number of piperidine rings is 1. The van der Waals surface area contributed by atoms with Crippen LogP contribution in [0.5, 0.6) is 11.5 Å². The first-order valence-corrected chi connectivity index (χ1v) is 12.4. The number of alkyl halides is 2. The number of amides is 1. The monoisotopic (exact) mass is 494 g/mol. The molecule has 10 heteroatoms. The SMILES string of the molecule is COc1ccc(CCNC(=O)C2CCN(S(=O)(=O)/C=C/c3ccccc3)CC2)cc1OC(F)F. The van der Waals surface area contributed by atoms with Gasteiger partial charge in [-0.15, -0.1) is 0 Å². The Labute approximate surface area is 198 Å². The van der Waals surface area contributed by atoms with Gasteiger partial charge in [-0.1, -0.05) is 36.4 Å². The number of benzene rings is 2. The Bertz CT molecular complexity index is 1090. The molecule has 1 saturated heterocycles. The number of nitrogens with one attached hydrogen (secondary N) is 1. The average Bonchev–Trinajstić information content (AvgIpc) is 2.83. The van der Waals surface area contributed by atoms with E-state index in [1.165, 1.54) is 29.0 Å². The van der Waals surface area contributed by atoms with E-state index in [9.17, 15) is 22.0 Å². The lowest BCUT2D eigenvalue weighted by Crippen LogP contribution is -2.42. The molecule has 1 heterocycles. The van der Waals surface area contributed by atoms with Crippen LogP contribution < -0.4 is 14.8 Å². The number of rotatable bonds is 10. The van der Waals surface area contributed by atoms with E-state index in [1.54, 1.807) is 12.1 Å². The van der Waals surface area contributed by atoms with Gasteiger partial charge in [0.25, 0.3) is 0 Å². The van der Waals surface area contributed by atoms with Crippen molar-refractivity contribution in [3.05, 3.63) is 65.1 Å². The van der Waals surface area contributed by atoms with Gasteiger partial charge in [0.2, 0.25) is 15.9 Å². The zero-order valence-electron chi connectivity index (χ0n) is 18.8. The van der Waals surface area contributed by atoms with Crippen molar-refractivity contribution in [3.63, 3.8) is 0 Å². The molecule has 1 aliphatic rings.